The van der Waals surface area contributed by atoms with Crippen molar-refractivity contribution < 1.29 is 30.6 Å². The van der Waals surface area contributed by atoms with E-state index in [9.17, 15) is 5.11 Å². The Morgan fingerprint density at radius 1 is 0.639 bits per heavy atom. The molecule has 3 aromatic heterocycles. The van der Waals surface area contributed by atoms with Crippen molar-refractivity contribution in [2.45, 2.75) is 45.4 Å². The Morgan fingerprint density at radius 2 is 1.34 bits per heavy atom. The van der Waals surface area contributed by atoms with Crippen LogP contribution in [0.2, 0.25) is 0 Å². The summed E-state index contributed by atoms with van der Waals surface area (Å²) in [4.78, 5) is 13.0. The second kappa shape index (κ2) is 14.3. The minimum absolute atomic E-state index is 0. The average Bonchev–Trinajstić information content (AvgIpc) is 3.76. The zero-order valence-electron chi connectivity index (χ0n) is 34.5. The molecule has 0 spiro atoms. The van der Waals surface area contributed by atoms with Crippen LogP contribution in [0.5, 0.6) is 5.75 Å². The number of phenols is 1. The predicted octanol–water partition coefficient (Wildman–Crippen LogP) is 14.5. The van der Waals surface area contributed by atoms with Gasteiger partial charge in [-0.05, 0) is 103 Å². The number of furan rings is 1. The quantitative estimate of drug-likeness (QED) is 0.133. The van der Waals surface area contributed by atoms with Gasteiger partial charge in [0.25, 0.3) is 0 Å². The van der Waals surface area contributed by atoms with E-state index in [0.29, 0.717) is 5.82 Å². The van der Waals surface area contributed by atoms with Crippen LogP contribution in [0.25, 0.3) is 77.5 Å². The molecule has 0 saturated heterocycles. The number of anilines is 3. The van der Waals surface area contributed by atoms with Crippen molar-refractivity contribution in [3.8, 4) is 50.5 Å². The van der Waals surface area contributed by atoms with Gasteiger partial charge in [0, 0.05) is 43.1 Å². The van der Waals surface area contributed by atoms with Crippen LogP contribution in [0, 0.1) is 6.07 Å². The fourth-order valence-electron chi connectivity index (χ4n) is 9.25. The number of para-hydroxylation sites is 1. The van der Waals surface area contributed by atoms with Gasteiger partial charge in [0.05, 0.1) is 11.3 Å². The second-order valence-corrected chi connectivity index (χ2v) is 17.5. The van der Waals surface area contributed by atoms with E-state index in [1.54, 1.807) is 0 Å². The molecule has 11 rings (SSSR count). The summed E-state index contributed by atoms with van der Waals surface area (Å²) in [6.45, 7) is 11.1. The molecule has 10 aromatic rings. The van der Waals surface area contributed by atoms with Gasteiger partial charge in [-0.1, -0.05) is 155 Å². The molecule has 0 saturated carbocycles. The molecule has 0 fully saturated rings. The molecule has 0 radical (unpaired) electrons. The molecule has 0 amide bonds. The van der Waals surface area contributed by atoms with Gasteiger partial charge in [0.1, 0.15) is 23.0 Å². The van der Waals surface area contributed by atoms with Crippen molar-refractivity contribution in [3.05, 3.63) is 180 Å². The number of fused-ring (bicyclic) bond motifs is 3. The first-order valence-electron chi connectivity index (χ1n) is 20.5. The third-order valence-corrected chi connectivity index (χ3v) is 12.4. The van der Waals surface area contributed by atoms with Crippen LogP contribution in [0.15, 0.2) is 162 Å². The van der Waals surface area contributed by atoms with Gasteiger partial charge in [0.15, 0.2) is 0 Å². The summed E-state index contributed by atoms with van der Waals surface area (Å²) in [5.74, 6) is 1.63. The molecule has 61 heavy (non-hydrogen) atoms. The van der Waals surface area contributed by atoms with Gasteiger partial charge in [-0.3, -0.25) is 9.88 Å². The van der Waals surface area contributed by atoms with E-state index in [1.165, 1.54) is 0 Å². The molecule has 1 N–H and O–H groups in total. The van der Waals surface area contributed by atoms with Crippen LogP contribution in [-0.4, -0.2) is 15.1 Å². The third kappa shape index (κ3) is 6.17. The number of hydrogen-bond donors (Lipinski definition) is 1. The van der Waals surface area contributed by atoms with Gasteiger partial charge < -0.3 is 9.52 Å². The molecule has 0 unspecified atom stereocenters. The maximum Gasteiger partial charge on any atom is 0.139 e. The van der Waals surface area contributed by atoms with Crippen LogP contribution >= 0.6 is 0 Å². The van der Waals surface area contributed by atoms with Crippen LogP contribution < -0.4 is 4.90 Å². The smallest absolute Gasteiger partial charge is 0.139 e. The molecule has 1 aliphatic rings. The summed E-state index contributed by atoms with van der Waals surface area (Å²) in [7, 11) is 0. The Balaban J connectivity index is 0.00000445. The molecule has 1 aliphatic carbocycles. The minimum atomic E-state index is -0.419. The number of phenolic OH excluding ortho intramolecular Hbond substituents is 1. The SMILES string of the molecule is CC(C)(C)c1cc(-c2[c-]cc3ccc4cccc5oc2c3c45)nc(N(c2ccccc2)c2ccc3c(n2)-c2c(O)cc(-c4ccccc4-c4ccccc4)cc2C3(C)C)c1.[Pt]. The minimum Gasteiger partial charge on any atom is -0.507 e. The fraction of sp³-hybridized carbons (Fsp3) is 0.127. The van der Waals surface area contributed by atoms with E-state index < -0.39 is 5.41 Å². The maximum atomic E-state index is 12.1. The number of pyridine rings is 2. The number of aromatic hydroxyl groups is 1. The van der Waals surface area contributed by atoms with E-state index >= 15 is 0 Å². The van der Waals surface area contributed by atoms with Crippen molar-refractivity contribution in [3.63, 3.8) is 0 Å². The zero-order chi connectivity index (χ0) is 40.9. The summed E-state index contributed by atoms with van der Waals surface area (Å²) >= 11 is 0. The first-order chi connectivity index (χ1) is 29.0. The van der Waals surface area contributed by atoms with Gasteiger partial charge in [-0.25, -0.2) is 4.98 Å². The maximum absolute atomic E-state index is 12.1. The van der Waals surface area contributed by atoms with Gasteiger partial charge >= 0.3 is 0 Å². The summed E-state index contributed by atoms with van der Waals surface area (Å²) in [6.07, 6.45) is 0. The van der Waals surface area contributed by atoms with Crippen LogP contribution in [0.3, 0.4) is 0 Å². The molecule has 3 heterocycles. The van der Waals surface area contributed by atoms with Gasteiger partial charge in [0.2, 0.25) is 0 Å². The van der Waals surface area contributed by atoms with Crippen LogP contribution in [0.4, 0.5) is 17.3 Å². The number of aromatic nitrogens is 2. The molecule has 7 aromatic carbocycles. The van der Waals surface area contributed by atoms with Gasteiger partial charge in [-0.15, -0.1) is 12.1 Å². The molecule has 0 bridgehead atoms. The molecule has 5 nitrogen and oxygen atoms in total. The van der Waals surface area contributed by atoms with Gasteiger partial charge in [-0.2, -0.15) is 0 Å². The second-order valence-electron chi connectivity index (χ2n) is 17.5. The topological polar surface area (TPSA) is 62.4 Å². The Labute approximate surface area is 370 Å². The number of rotatable bonds is 6. The largest absolute Gasteiger partial charge is 0.507 e. The average molecular weight is 972 g/mol. The van der Waals surface area contributed by atoms with Crippen molar-refractivity contribution >= 4 is 50.0 Å². The monoisotopic (exact) mass is 971 g/mol. The van der Waals surface area contributed by atoms with E-state index in [2.05, 4.69) is 161 Å². The standard InChI is InChI=1S/C55H42N3O2.Pt/c1-54(2,3)37-31-44(41-26-25-35-24-23-34-17-14-22-46-49(34)50(35)53(41)60-46)56-48(32-37)58(38-18-10-7-11-19-38)47-28-27-42-52(57-47)51-43(55(42,4)5)29-36(30-45(51)59)40-21-13-12-20-39(40)33-15-8-6-9-16-33;/h6-25,27-32,59H,1-5H3;/q-1;. The Bertz CT molecular complexity index is 3290. The Kier molecular flexibility index (Phi) is 9.05. The van der Waals surface area contributed by atoms with E-state index in [4.69, 9.17) is 14.4 Å². The molecule has 0 aliphatic heterocycles. The number of nitrogens with zero attached hydrogens (tertiary/aromatic N) is 3. The molecular formula is C55H42N3O2Pt-. The molecule has 6 heteroatoms. The fourth-order valence-corrected chi connectivity index (χ4v) is 9.25. The van der Waals surface area contributed by atoms with E-state index in [1.807, 2.05) is 42.5 Å². The summed E-state index contributed by atoms with van der Waals surface area (Å²) in [5.41, 5.74) is 12.6. The first-order valence-corrected chi connectivity index (χ1v) is 20.5. The van der Waals surface area contributed by atoms with Crippen LogP contribution in [0.1, 0.15) is 51.3 Å². The molecular weight excluding hydrogens is 930 g/mol. The van der Waals surface area contributed by atoms with Crippen molar-refractivity contribution in [1.29, 1.82) is 0 Å². The number of benzene rings is 7. The number of hydrogen-bond acceptors (Lipinski definition) is 5. The normalized spacial score (nSPS) is 13.1. The first kappa shape index (κ1) is 38.6. The molecule has 0 atom stereocenters. The summed E-state index contributed by atoms with van der Waals surface area (Å²) in [6, 6.07) is 58.0. The van der Waals surface area contributed by atoms with E-state index in [0.717, 1.165) is 106 Å². The van der Waals surface area contributed by atoms with Crippen molar-refractivity contribution in [1.82, 2.24) is 9.97 Å². The predicted molar refractivity (Wildman–Crippen MR) is 246 cm³/mol. The Morgan fingerprint density at radius 3 is 2.10 bits per heavy atom. The third-order valence-electron chi connectivity index (χ3n) is 12.4. The molecule has 300 valence electrons. The van der Waals surface area contributed by atoms with Crippen LogP contribution in [-0.2, 0) is 31.9 Å². The Hall–Kier alpha value is -6.55. The summed E-state index contributed by atoms with van der Waals surface area (Å²) < 4.78 is 6.65. The van der Waals surface area contributed by atoms with Crippen molar-refractivity contribution in [2.75, 3.05) is 4.90 Å². The zero-order valence-corrected chi connectivity index (χ0v) is 36.8. The van der Waals surface area contributed by atoms with Crippen molar-refractivity contribution in [2.24, 2.45) is 0 Å². The van der Waals surface area contributed by atoms with E-state index in [-0.39, 0.29) is 32.2 Å². The summed E-state index contributed by atoms with van der Waals surface area (Å²) in [5, 5.41) is 16.5.